The summed E-state index contributed by atoms with van der Waals surface area (Å²) in [4.78, 5) is 36.6. The van der Waals surface area contributed by atoms with Crippen LogP contribution in [0.25, 0.3) is 0 Å². The minimum absolute atomic E-state index is 0.267. The molecule has 124 valence electrons. The SMILES string of the molecule is COC(=O)[C@H](CN=CC(=CN)[N+](=O)[O-])NC(=O)OC(C)(C)C. The van der Waals surface area contributed by atoms with Crippen LogP contribution in [0.2, 0.25) is 0 Å². The third kappa shape index (κ3) is 7.82. The molecule has 0 aromatic rings. The molecule has 0 fully saturated rings. The first-order chi connectivity index (χ1) is 10.1. The molecule has 1 atom stereocenters. The number of rotatable bonds is 6. The van der Waals surface area contributed by atoms with Crippen LogP contribution < -0.4 is 11.1 Å². The molecule has 0 saturated carbocycles. The van der Waals surface area contributed by atoms with Gasteiger partial charge in [0, 0.05) is 0 Å². The topological polar surface area (TPSA) is 146 Å². The largest absolute Gasteiger partial charge is 0.467 e. The van der Waals surface area contributed by atoms with Crippen molar-refractivity contribution in [3.8, 4) is 0 Å². The van der Waals surface area contributed by atoms with Crippen LogP contribution in [-0.4, -0.2) is 48.5 Å². The zero-order valence-electron chi connectivity index (χ0n) is 12.9. The van der Waals surface area contributed by atoms with Crippen molar-refractivity contribution in [1.82, 2.24) is 5.32 Å². The molecule has 0 unspecified atom stereocenters. The van der Waals surface area contributed by atoms with Gasteiger partial charge in [0.2, 0.25) is 0 Å². The average molecular weight is 316 g/mol. The fourth-order valence-corrected chi connectivity index (χ4v) is 1.17. The van der Waals surface area contributed by atoms with E-state index in [1.54, 1.807) is 20.8 Å². The number of hydrogen-bond acceptors (Lipinski definition) is 8. The van der Waals surface area contributed by atoms with Gasteiger partial charge < -0.3 is 20.5 Å². The molecule has 0 aliphatic heterocycles. The van der Waals surface area contributed by atoms with E-state index in [9.17, 15) is 19.7 Å². The molecule has 0 aromatic heterocycles. The lowest BCUT2D eigenvalue weighted by Crippen LogP contribution is -2.45. The number of allylic oxidation sites excluding steroid dienone is 1. The highest BCUT2D eigenvalue weighted by molar-refractivity contribution is 5.82. The average Bonchev–Trinajstić information content (AvgIpc) is 2.38. The molecule has 0 bridgehead atoms. The summed E-state index contributed by atoms with van der Waals surface area (Å²) < 4.78 is 9.52. The van der Waals surface area contributed by atoms with Crippen LogP contribution in [0.1, 0.15) is 20.8 Å². The third-order valence-electron chi connectivity index (χ3n) is 2.07. The van der Waals surface area contributed by atoms with Gasteiger partial charge in [0.25, 0.3) is 0 Å². The van der Waals surface area contributed by atoms with E-state index in [1.807, 2.05) is 0 Å². The number of nitrogens with one attached hydrogen (secondary N) is 1. The molecule has 0 spiro atoms. The van der Waals surface area contributed by atoms with Crippen molar-refractivity contribution in [3.05, 3.63) is 22.0 Å². The van der Waals surface area contributed by atoms with Crippen molar-refractivity contribution in [2.24, 2.45) is 10.7 Å². The lowest BCUT2D eigenvalue weighted by molar-refractivity contribution is -0.414. The molecule has 0 rings (SSSR count). The van der Waals surface area contributed by atoms with E-state index in [4.69, 9.17) is 10.5 Å². The number of esters is 1. The first-order valence-electron chi connectivity index (χ1n) is 6.24. The van der Waals surface area contributed by atoms with E-state index in [0.717, 1.165) is 19.5 Å². The van der Waals surface area contributed by atoms with Gasteiger partial charge in [0.15, 0.2) is 0 Å². The van der Waals surface area contributed by atoms with Crippen molar-refractivity contribution in [1.29, 1.82) is 0 Å². The van der Waals surface area contributed by atoms with Crippen molar-refractivity contribution < 1.29 is 24.0 Å². The van der Waals surface area contributed by atoms with Crippen LogP contribution in [0, 0.1) is 10.1 Å². The van der Waals surface area contributed by atoms with Gasteiger partial charge in [-0.15, -0.1) is 0 Å². The number of hydrogen-bond donors (Lipinski definition) is 2. The summed E-state index contributed by atoms with van der Waals surface area (Å²) in [5.41, 5.74) is 3.87. The fraction of sp³-hybridized carbons (Fsp3) is 0.583. The smallest absolute Gasteiger partial charge is 0.408 e. The van der Waals surface area contributed by atoms with Crippen molar-refractivity contribution >= 4 is 18.3 Å². The van der Waals surface area contributed by atoms with Gasteiger partial charge in [-0.2, -0.15) is 0 Å². The Morgan fingerprint density at radius 2 is 2.05 bits per heavy atom. The van der Waals surface area contributed by atoms with Crippen molar-refractivity contribution in [2.75, 3.05) is 13.7 Å². The molecule has 0 aromatic carbocycles. The molecule has 0 saturated heterocycles. The van der Waals surface area contributed by atoms with Gasteiger partial charge >= 0.3 is 17.8 Å². The quantitative estimate of drug-likeness (QED) is 0.308. The van der Waals surface area contributed by atoms with Gasteiger partial charge in [0.1, 0.15) is 17.9 Å². The summed E-state index contributed by atoms with van der Waals surface area (Å²) in [6.45, 7) is 4.71. The van der Waals surface area contributed by atoms with Crippen molar-refractivity contribution in [3.63, 3.8) is 0 Å². The van der Waals surface area contributed by atoms with Crippen molar-refractivity contribution in [2.45, 2.75) is 32.4 Å². The zero-order valence-corrected chi connectivity index (χ0v) is 12.9. The monoisotopic (exact) mass is 316 g/mol. The number of carbonyl (C=O) groups excluding carboxylic acids is 2. The summed E-state index contributed by atoms with van der Waals surface area (Å²) in [6.07, 6.45) is 0.812. The molecule has 3 N–H and O–H groups in total. The maximum atomic E-state index is 11.6. The highest BCUT2D eigenvalue weighted by Crippen LogP contribution is 2.07. The number of nitro groups is 1. The number of nitrogens with two attached hydrogens (primary N) is 1. The number of methoxy groups -OCH3 is 1. The molecule has 1 amide bonds. The molecular formula is C12H20N4O6. The third-order valence-corrected chi connectivity index (χ3v) is 2.07. The first-order valence-corrected chi connectivity index (χ1v) is 6.24. The second-order valence-corrected chi connectivity index (χ2v) is 5.06. The summed E-state index contributed by atoms with van der Waals surface area (Å²) in [7, 11) is 1.14. The minimum Gasteiger partial charge on any atom is -0.467 e. The van der Waals surface area contributed by atoms with Gasteiger partial charge in [0.05, 0.1) is 24.8 Å². The highest BCUT2D eigenvalue weighted by Gasteiger charge is 2.24. The van der Waals surface area contributed by atoms with E-state index < -0.39 is 34.3 Å². The van der Waals surface area contributed by atoms with Gasteiger partial charge in [-0.05, 0) is 20.8 Å². The number of alkyl carbamates (subject to hydrolysis) is 1. The second-order valence-electron chi connectivity index (χ2n) is 5.06. The fourth-order valence-electron chi connectivity index (χ4n) is 1.17. The number of amides is 1. The number of carbonyl (C=O) groups is 2. The Hall–Kier alpha value is -2.65. The Bertz CT molecular complexity index is 480. The van der Waals surface area contributed by atoms with Crippen LogP contribution >= 0.6 is 0 Å². The Kier molecular flexibility index (Phi) is 7.56. The normalized spacial score (nSPS) is 13.5. The molecule has 0 aliphatic carbocycles. The van der Waals surface area contributed by atoms with Crippen LogP contribution in [-0.2, 0) is 14.3 Å². The van der Waals surface area contributed by atoms with E-state index in [-0.39, 0.29) is 6.54 Å². The predicted molar refractivity (Wildman–Crippen MR) is 77.8 cm³/mol. The molecule has 0 radical (unpaired) electrons. The van der Waals surface area contributed by atoms with Gasteiger partial charge in [-0.1, -0.05) is 0 Å². The predicted octanol–water partition coefficient (Wildman–Crippen LogP) is 0.200. The van der Waals surface area contributed by atoms with Crippen LogP contribution in [0.4, 0.5) is 4.79 Å². The van der Waals surface area contributed by atoms with Crippen LogP contribution in [0.5, 0.6) is 0 Å². The molecule has 10 heteroatoms. The minimum atomic E-state index is -1.14. The maximum absolute atomic E-state index is 11.6. The molecule has 0 heterocycles. The number of nitrogens with zero attached hydrogens (tertiary/aromatic N) is 2. The van der Waals surface area contributed by atoms with Gasteiger partial charge in [-0.25, -0.2) is 9.59 Å². The van der Waals surface area contributed by atoms with E-state index in [0.29, 0.717) is 0 Å². The number of aliphatic imine (C=N–C) groups is 1. The van der Waals surface area contributed by atoms with E-state index in [1.165, 1.54) is 0 Å². The van der Waals surface area contributed by atoms with Gasteiger partial charge in [-0.3, -0.25) is 15.1 Å². The summed E-state index contributed by atoms with van der Waals surface area (Å²) in [5, 5.41) is 12.8. The van der Waals surface area contributed by atoms with Crippen LogP contribution in [0.15, 0.2) is 16.9 Å². The van der Waals surface area contributed by atoms with Crippen LogP contribution in [0.3, 0.4) is 0 Å². The maximum Gasteiger partial charge on any atom is 0.408 e. The Morgan fingerprint density at radius 3 is 2.45 bits per heavy atom. The van der Waals surface area contributed by atoms with E-state index >= 15 is 0 Å². The highest BCUT2D eigenvalue weighted by atomic mass is 16.6. The molecule has 22 heavy (non-hydrogen) atoms. The second kappa shape index (κ2) is 8.60. The Balaban J connectivity index is 4.81. The lowest BCUT2D eigenvalue weighted by atomic mass is 10.2. The Labute approximate surface area is 127 Å². The lowest BCUT2D eigenvalue weighted by Gasteiger charge is -2.21. The molecule has 10 nitrogen and oxygen atoms in total. The Morgan fingerprint density at radius 1 is 1.45 bits per heavy atom. The summed E-state index contributed by atoms with van der Waals surface area (Å²) in [6, 6.07) is -1.14. The summed E-state index contributed by atoms with van der Waals surface area (Å²) in [5.74, 6) is -0.762. The zero-order chi connectivity index (χ0) is 17.3. The number of ether oxygens (including phenoxy) is 2. The molecule has 0 aliphatic rings. The standard InChI is InChI=1S/C12H20N4O6/c1-12(2,3)22-11(18)15-9(10(17)21-4)7-14-6-8(5-13)16(19)20/h5-6,9H,7,13H2,1-4H3,(H,15,18)/t9-/m0/s1. The first kappa shape index (κ1) is 19.4. The summed E-state index contributed by atoms with van der Waals surface area (Å²) >= 11 is 0. The van der Waals surface area contributed by atoms with E-state index in [2.05, 4.69) is 15.0 Å². The molecular weight excluding hydrogens is 296 g/mol.